The second kappa shape index (κ2) is 7.18. The van der Waals surface area contributed by atoms with E-state index in [0.29, 0.717) is 10.7 Å². The van der Waals surface area contributed by atoms with Crippen LogP contribution < -0.4 is 10.5 Å². The highest BCUT2D eigenvalue weighted by Gasteiger charge is 2.42. The molecule has 144 valence electrons. The number of hydrogen-bond acceptors (Lipinski definition) is 3. The maximum atomic E-state index is 13.4. The van der Waals surface area contributed by atoms with Gasteiger partial charge < -0.3 is 0 Å². The summed E-state index contributed by atoms with van der Waals surface area (Å²) in [6, 6.07) is 16.9. The molecule has 0 unspecified atom stereocenters. The summed E-state index contributed by atoms with van der Waals surface area (Å²) < 4.78 is 3.40. The monoisotopic (exact) mass is 413 g/mol. The van der Waals surface area contributed by atoms with Crippen LogP contribution >= 0.6 is 23.4 Å². The summed E-state index contributed by atoms with van der Waals surface area (Å²) in [5.41, 5.74) is 2.68. The van der Waals surface area contributed by atoms with E-state index < -0.39 is 0 Å². The van der Waals surface area contributed by atoms with Gasteiger partial charge >= 0.3 is 0 Å². The van der Waals surface area contributed by atoms with E-state index in [1.165, 1.54) is 11.8 Å². The molecular formula is C21H20ClN3O2S. The smallest absolute Gasteiger partial charge is 0.288 e. The Balaban J connectivity index is 1.88. The molecule has 1 aliphatic heterocycles. The van der Waals surface area contributed by atoms with E-state index in [2.05, 4.69) is 0 Å². The molecular weight excluding hydrogens is 394 g/mol. The minimum Gasteiger partial charge on any atom is -0.288 e. The molecule has 0 N–H and O–H groups in total. The summed E-state index contributed by atoms with van der Waals surface area (Å²) in [6.07, 6.45) is 0. The van der Waals surface area contributed by atoms with E-state index in [-0.39, 0.29) is 22.1 Å². The number of hydrogen-bond donors (Lipinski definition) is 0. The fourth-order valence-corrected chi connectivity index (χ4v) is 4.93. The van der Waals surface area contributed by atoms with Crippen LogP contribution in [0.25, 0.3) is 5.69 Å². The van der Waals surface area contributed by atoms with Crippen molar-refractivity contribution in [2.45, 2.75) is 24.5 Å². The summed E-state index contributed by atoms with van der Waals surface area (Å²) in [5, 5.41) is 0.141. The first-order valence-electron chi connectivity index (χ1n) is 8.98. The van der Waals surface area contributed by atoms with Gasteiger partial charge in [-0.1, -0.05) is 41.9 Å². The number of carbonyl (C=O) groups is 1. The fourth-order valence-electron chi connectivity index (χ4n) is 3.54. The van der Waals surface area contributed by atoms with Gasteiger partial charge in [-0.15, -0.1) is 11.8 Å². The number of benzene rings is 2. The van der Waals surface area contributed by atoms with Crippen molar-refractivity contribution < 1.29 is 4.79 Å². The Morgan fingerprint density at radius 2 is 1.64 bits per heavy atom. The van der Waals surface area contributed by atoms with Crippen LogP contribution in [-0.4, -0.2) is 20.5 Å². The van der Waals surface area contributed by atoms with Crippen LogP contribution in [0.1, 0.15) is 23.6 Å². The minimum absolute atomic E-state index is 0.0593. The summed E-state index contributed by atoms with van der Waals surface area (Å²) in [7, 11) is 1.83. The van der Waals surface area contributed by atoms with Crippen LogP contribution in [0.3, 0.4) is 0 Å². The molecule has 2 aromatic carbocycles. The SMILES string of the molecule is Cc1c(N2C(=O)[C@H](C)S[C@H]2c2ccc(Cl)cc2)c(=O)n(-c2ccccc2)n1C. The molecule has 3 aromatic rings. The Labute approximate surface area is 172 Å². The first-order valence-corrected chi connectivity index (χ1v) is 10.3. The molecule has 1 fully saturated rings. The Bertz CT molecular complexity index is 1090. The predicted molar refractivity (Wildman–Crippen MR) is 114 cm³/mol. The van der Waals surface area contributed by atoms with Crippen LogP contribution in [0.2, 0.25) is 5.02 Å². The predicted octanol–water partition coefficient (Wildman–Crippen LogP) is 4.30. The van der Waals surface area contributed by atoms with E-state index >= 15 is 0 Å². The van der Waals surface area contributed by atoms with Crippen LogP contribution in [-0.2, 0) is 11.8 Å². The highest BCUT2D eigenvalue weighted by Crippen LogP contribution is 2.45. The van der Waals surface area contributed by atoms with Crippen molar-refractivity contribution in [2.75, 3.05) is 4.90 Å². The van der Waals surface area contributed by atoms with Crippen molar-refractivity contribution >= 4 is 35.0 Å². The fraction of sp³-hybridized carbons (Fsp3) is 0.238. The van der Waals surface area contributed by atoms with Gasteiger partial charge in [-0.05, 0) is 43.7 Å². The number of thioether (sulfide) groups is 1. The van der Waals surface area contributed by atoms with E-state index in [9.17, 15) is 9.59 Å². The number of rotatable bonds is 3. The van der Waals surface area contributed by atoms with Crippen molar-refractivity contribution in [1.82, 2.24) is 9.36 Å². The van der Waals surface area contributed by atoms with Crippen LogP contribution in [0.5, 0.6) is 0 Å². The summed E-state index contributed by atoms with van der Waals surface area (Å²) in [4.78, 5) is 28.1. The molecule has 28 heavy (non-hydrogen) atoms. The molecule has 1 saturated heterocycles. The maximum Gasteiger partial charge on any atom is 0.295 e. The second-order valence-corrected chi connectivity index (χ2v) is 8.66. The Morgan fingerprint density at radius 3 is 2.29 bits per heavy atom. The zero-order valence-corrected chi connectivity index (χ0v) is 17.4. The number of anilines is 1. The molecule has 2 heterocycles. The van der Waals surface area contributed by atoms with E-state index in [1.54, 1.807) is 14.3 Å². The van der Waals surface area contributed by atoms with Crippen molar-refractivity contribution in [2.24, 2.45) is 7.05 Å². The zero-order chi connectivity index (χ0) is 20.0. The lowest BCUT2D eigenvalue weighted by atomic mass is 10.2. The van der Waals surface area contributed by atoms with E-state index in [4.69, 9.17) is 11.6 Å². The van der Waals surface area contributed by atoms with E-state index in [0.717, 1.165) is 16.9 Å². The molecule has 2 atom stereocenters. The molecule has 1 amide bonds. The lowest BCUT2D eigenvalue weighted by molar-refractivity contribution is -0.117. The first-order chi connectivity index (χ1) is 13.4. The van der Waals surface area contributed by atoms with Crippen LogP contribution in [0.15, 0.2) is 59.4 Å². The van der Waals surface area contributed by atoms with Gasteiger partial charge in [0.2, 0.25) is 5.91 Å². The standard InChI is InChI=1S/C21H20ClN3O2S/c1-13-18(20(27)25(23(13)3)17-7-5-4-6-8-17)24-19(26)14(2)28-21(24)15-9-11-16(22)12-10-15/h4-12,14,21H,1-3H3/t14-,21-/m0/s1. The first kappa shape index (κ1) is 18.9. The molecule has 0 spiro atoms. The van der Waals surface area contributed by atoms with Gasteiger partial charge in [0.15, 0.2) is 0 Å². The zero-order valence-electron chi connectivity index (χ0n) is 15.8. The quantitative estimate of drug-likeness (QED) is 0.643. The van der Waals surface area contributed by atoms with E-state index in [1.807, 2.05) is 75.5 Å². The van der Waals surface area contributed by atoms with Crippen molar-refractivity contribution in [3.63, 3.8) is 0 Å². The number of amides is 1. The highest BCUT2D eigenvalue weighted by atomic mass is 35.5. The number of para-hydroxylation sites is 1. The number of aromatic nitrogens is 2. The molecule has 0 saturated carbocycles. The number of halogens is 1. The molecule has 0 bridgehead atoms. The Hall–Kier alpha value is -2.44. The summed E-state index contributed by atoms with van der Waals surface area (Å²) >= 11 is 7.57. The molecule has 7 heteroatoms. The Morgan fingerprint density at radius 1 is 1.00 bits per heavy atom. The second-order valence-electron chi connectivity index (χ2n) is 6.80. The van der Waals surface area contributed by atoms with Gasteiger partial charge in [-0.3, -0.25) is 19.2 Å². The molecule has 1 aromatic heterocycles. The lowest BCUT2D eigenvalue weighted by Crippen LogP contribution is -2.34. The molecule has 5 nitrogen and oxygen atoms in total. The number of nitrogens with zero attached hydrogens (tertiary/aromatic N) is 3. The van der Waals surface area contributed by atoms with Gasteiger partial charge in [0.05, 0.1) is 16.6 Å². The molecule has 4 rings (SSSR count). The maximum absolute atomic E-state index is 13.4. The third-order valence-electron chi connectivity index (χ3n) is 5.07. The average Bonchev–Trinajstić information content (AvgIpc) is 3.09. The molecule has 0 aliphatic carbocycles. The largest absolute Gasteiger partial charge is 0.295 e. The van der Waals surface area contributed by atoms with Gasteiger partial charge in [-0.25, -0.2) is 4.68 Å². The highest BCUT2D eigenvalue weighted by molar-refractivity contribution is 8.01. The van der Waals surface area contributed by atoms with Gasteiger partial charge in [0, 0.05) is 12.1 Å². The average molecular weight is 414 g/mol. The van der Waals surface area contributed by atoms with Crippen LogP contribution in [0.4, 0.5) is 5.69 Å². The van der Waals surface area contributed by atoms with Crippen molar-refractivity contribution in [1.29, 1.82) is 0 Å². The normalized spacial score (nSPS) is 19.4. The van der Waals surface area contributed by atoms with Gasteiger partial charge in [-0.2, -0.15) is 0 Å². The summed E-state index contributed by atoms with van der Waals surface area (Å²) in [5.74, 6) is -0.0593. The van der Waals surface area contributed by atoms with Crippen molar-refractivity contribution in [3.8, 4) is 5.69 Å². The number of carbonyl (C=O) groups excluding carboxylic acids is 1. The van der Waals surface area contributed by atoms with Gasteiger partial charge in [0.25, 0.3) is 5.56 Å². The molecule has 0 radical (unpaired) electrons. The van der Waals surface area contributed by atoms with Crippen LogP contribution in [0, 0.1) is 6.92 Å². The minimum atomic E-state index is -0.266. The van der Waals surface area contributed by atoms with Gasteiger partial charge in [0.1, 0.15) is 11.1 Å². The van der Waals surface area contributed by atoms with Crippen molar-refractivity contribution in [3.05, 3.63) is 81.2 Å². The third-order valence-corrected chi connectivity index (χ3v) is 6.68. The topological polar surface area (TPSA) is 47.2 Å². The third kappa shape index (κ3) is 2.97. The lowest BCUT2D eigenvalue weighted by Gasteiger charge is -2.23. The molecule has 1 aliphatic rings. The summed E-state index contributed by atoms with van der Waals surface area (Å²) in [6.45, 7) is 3.75. The Kier molecular flexibility index (Phi) is 4.85.